The van der Waals surface area contributed by atoms with E-state index >= 15 is 0 Å². The van der Waals surface area contributed by atoms with Crippen LogP contribution in [0.5, 0.6) is 0 Å². The molecule has 3 heteroatoms. The minimum absolute atomic E-state index is 0.0297. The molecular formula is C9H14N2O. The zero-order chi connectivity index (χ0) is 8.97. The average Bonchev–Trinajstić information content (AvgIpc) is 2.47. The number of hydrogen-bond acceptors (Lipinski definition) is 1. The van der Waals surface area contributed by atoms with Crippen molar-refractivity contribution in [3.05, 3.63) is 0 Å². The molecule has 3 nitrogen and oxygen atoms in total. The normalized spacial score (nSPS) is 22.0. The molecule has 66 valence electrons. The Bertz CT molecular complexity index is 207. The van der Waals surface area contributed by atoms with Gasteiger partial charge in [0.2, 0.25) is 0 Å². The van der Waals surface area contributed by atoms with Gasteiger partial charge < -0.3 is 10.2 Å². The highest BCUT2D eigenvalue weighted by Gasteiger charge is 2.24. The van der Waals surface area contributed by atoms with Crippen molar-refractivity contribution < 1.29 is 4.79 Å². The van der Waals surface area contributed by atoms with Crippen molar-refractivity contribution in [1.82, 2.24) is 10.2 Å². The molecule has 0 aromatic carbocycles. The molecule has 2 amide bonds. The van der Waals surface area contributed by atoms with Crippen LogP contribution in [0.15, 0.2) is 0 Å². The van der Waals surface area contributed by atoms with Crippen LogP contribution in [-0.4, -0.2) is 30.1 Å². The second-order valence-corrected chi connectivity index (χ2v) is 3.05. The molecule has 0 radical (unpaired) electrons. The largest absolute Gasteiger partial charge is 0.327 e. The van der Waals surface area contributed by atoms with Crippen molar-refractivity contribution in [3.63, 3.8) is 0 Å². The molecule has 12 heavy (non-hydrogen) atoms. The highest BCUT2D eigenvalue weighted by atomic mass is 16.2. The lowest BCUT2D eigenvalue weighted by molar-refractivity contribution is 0.197. The van der Waals surface area contributed by atoms with Crippen molar-refractivity contribution in [2.24, 2.45) is 0 Å². The summed E-state index contributed by atoms with van der Waals surface area (Å²) in [5, 5.41) is 2.66. The minimum Gasteiger partial charge on any atom is -0.327 e. The smallest absolute Gasteiger partial charge is 0.318 e. The zero-order valence-electron chi connectivity index (χ0n) is 7.34. The Morgan fingerprint density at radius 1 is 1.83 bits per heavy atom. The van der Waals surface area contributed by atoms with Gasteiger partial charge in [0, 0.05) is 12.6 Å². The van der Waals surface area contributed by atoms with E-state index in [4.69, 9.17) is 6.42 Å². The Balaban J connectivity index is 2.37. The summed E-state index contributed by atoms with van der Waals surface area (Å²) in [6.07, 6.45) is 7.23. The second-order valence-electron chi connectivity index (χ2n) is 3.05. The number of likely N-dealkylation sites (tertiary alicyclic amines) is 1. The number of carbonyl (C=O) groups excluding carboxylic acids is 1. The van der Waals surface area contributed by atoms with Gasteiger partial charge in [0.1, 0.15) is 0 Å². The minimum atomic E-state index is -0.0297. The summed E-state index contributed by atoms with van der Waals surface area (Å²) in [7, 11) is 0. The number of carbonyl (C=O) groups is 1. The van der Waals surface area contributed by atoms with Gasteiger partial charge >= 0.3 is 6.03 Å². The van der Waals surface area contributed by atoms with E-state index < -0.39 is 0 Å². The van der Waals surface area contributed by atoms with Crippen LogP contribution in [0.1, 0.15) is 19.8 Å². The molecule has 0 spiro atoms. The first-order valence-electron chi connectivity index (χ1n) is 4.23. The predicted octanol–water partition coefficient (Wildman–Crippen LogP) is 0.814. The fraction of sp³-hybridized carbons (Fsp3) is 0.667. The number of nitrogens with zero attached hydrogens (tertiary/aromatic N) is 1. The van der Waals surface area contributed by atoms with E-state index in [0.29, 0.717) is 12.6 Å². The van der Waals surface area contributed by atoms with Crippen molar-refractivity contribution in [3.8, 4) is 12.3 Å². The molecule has 1 saturated heterocycles. The number of amides is 2. The summed E-state index contributed by atoms with van der Waals surface area (Å²) in [5.74, 6) is 2.38. The van der Waals surface area contributed by atoms with Crippen molar-refractivity contribution in [1.29, 1.82) is 0 Å². The second kappa shape index (κ2) is 4.01. The molecule has 1 aliphatic heterocycles. The average molecular weight is 166 g/mol. The van der Waals surface area contributed by atoms with E-state index in [0.717, 1.165) is 19.4 Å². The summed E-state index contributed by atoms with van der Waals surface area (Å²) in [6.45, 7) is 3.24. The van der Waals surface area contributed by atoms with Crippen LogP contribution in [0.25, 0.3) is 0 Å². The maximum atomic E-state index is 11.3. The van der Waals surface area contributed by atoms with E-state index in [9.17, 15) is 4.79 Å². The Morgan fingerprint density at radius 3 is 3.08 bits per heavy atom. The number of urea groups is 1. The first kappa shape index (κ1) is 8.92. The van der Waals surface area contributed by atoms with Crippen LogP contribution >= 0.6 is 0 Å². The summed E-state index contributed by atoms with van der Waals surface area (Å²) in [4.78, 5) is 13.2. The molecule has 1 aliphatic rings. The standard InChI is InChI=1S/C9H14N2O/c1-3-6-10-9(12)11-7-4-5-8(11)2/h1,8H,4-7H2,2H3,(H,10,12). The Hall–Kier alpha value is -1.17. The summed E-state index contributed by atoms with van der Waals surface area (Å²) in [6, 6.07) is 0.334. The third-order valence-electron chi connectivity index (χ3n) is 2.16. The van der Waals surface area contributed by atoms with Gasteiger partial charge in [-0.2, -0.15) is 0 Å². The van der Waals surface area contributed by atoms with E-state index in [2.05, 4.69) is 18.2 Å². The third-order valence-corrected chi connectivity index (χ3v) is 2.16. The molecule has 1 heterocycles. The van der Waals surface area contributed by atoms with E-state index in [1.807, 2.05) is 4.90 Å². The monoisotopic (exact) mass is 166 g/mol. The molecule has 0 aliphatic carbocycles. The Kier molecular flexibility index (Phi) is 2.98. The highest BCUT2D eigenvalue weighted by Crippen LogP contribution is 2.15. The molecule has 1 N–H and O–H groups in total. The van der Waals surface area contributed by atoms with Gasteiger partial charge in [-0.05, 0) is 19.8 Å². The van der Waals surface area contributed by atoms with Gasteiger partial charge in [0.05, 0.1) is 6.54 Å². The number of rotatable bonds is 1. The first-order valence-corrected chi connectivity index (χ1v) is 4.23. The highest BCUT2D eigenvalue weighted by molar-refractivity contribution is 5.75. The van der Waals surface area contributed by atoms with Crippen LogP contribution < -0.4 is 5.32 Å². The van der Waals surface area contributed by atoms with E-state index in [1.165, 1.54) is 0 Å². The molecule has 1 atom stereocenters. The summed E-state index contributed by atoms with van der Waals surface area (Å²) < 4.78 is 0. The Labute approximate surface area is 73.1 Å². The summed E-state index contributed by atoms with van der Waals surface area (Å²) in [5.41, 5.74) is 0. The van der Waals surface area contributed by atoms with Gasteiger partial charge in [-0.1, -0.05) is 5.92 Å². The Morgan fingerprint density at radius 2 is 2.58 bits per heavy atom. The van der Waals surface area contributed by atoms with Crippen LogP contribution in [0.2, 0.25) is 0 Å². The van der Waals surface area contributed by atoms with Crippen LogP contribution in [0, 0.1) is 12.3 Å². The quantitative estimate of drug-likeness (QED) is 0.574. The number of hydrogen-bond donors (Lipinski definition) is 1. The first-order chi connectivity index (χ1) is 5.75. The lowest BCUT2D eigenvalue weighted by atomic mass is 10.2. The van der Waals surface area contributed by atoms with Crippen LogP contribution in [0.4, 0.5) is 4.79 Å². The lowest BCUT2D eigenvalue weighted by Crippen LogP contribution is -2.41. The maximum Gasteiger partial charge on any atom is 0.318 e. The fourth-order valence-corrected chi connectivity index (χ4v) is 1.46. The van der Waals surface area contributed by atoms with Crippen molar-refractivity contribution in [2.45, 2.75) is 25.8 Å². The molecular weight excluding hydrogens is 152 g/mol. The van der Waals surface area contributed by atoms with Crippen molar-refractivity contribution in [2.75, 3.05) is 13.1 Å². The topological polar surface area (TPSA) is 32.3 Å². The SMILES string of the molecule is C#CCNC(=O)N1CCCC1C. The molecule has 1 fully saturated rings. The fourth-order valence-electron chi connectivity index (χ4n) is 1.46. The van der Waals surface area contributed by atoms with Gasteiger partial charge in [-0.25, -0.2) is 4.79 Å². The lowest BCUT2D eigenvalue weighted by Gasteiger charge is -2.20. The molecule has 0 bridgehead atoms. The molecule has 0 aromatic rings. The molecule has 0 saturated carbocycles. The molecule has 1 rings (SSSR count). The third kappa shape index (κ3) is 1.91. The number of nitrogens with one attached hydrogen (secondary N) is 1. The van der Waals surface area contributed by atoms with E-state index in [1.54, 1.807) is 0 Å². The van der Waals surface area contributed by atoms with Crippen LogP contribution in [-0.2, 0) is 0 Å². The van der Waals surface area contributed by atoms with Gasteiger partial charge in [0.15, 0.2) is 0 Å². The number of terminal acetylenes is 1. The maximum absolute atomic E-state index is 11.3. The summed E-state index contributed by atoms with van der Waals surface area (Å²) >= 11 is 0. The molecule has 0 aromatic heterocycles. The molecule has 1 unspecified atom stereocenters. The van der Waals surface area contributed by atoms with Gasteiger partial charge in [-0.3, -0.25) is 0 Å². The van der Waals surface area contributed by atoms with Crippen LogP contribution in [0.3, 0.4) is 0 Å². The van der Waals surface area contributed by atoms with E-state index in [-0.39, 0.29) is 6.03 Å². The van der Waals surface area contributed by atoms with Crippen molar-refractivity contribution >= 4 is 6.03 Å². The zero-order valence-corrected chi connectivity index (χ0v) is 7.34. The van der Waals surface area contributed by atoms with Gasteiger partial charge in [0.25, 0.3) is 0 Å². The predicted molar refractivity (Wildman–Crippen MR) is 47.6 cm³/mol. The van der Waals surface area contributed by atoms with Gasteiger partial charge in [-0.15, -0.1) is 6.42 Å².